The molecule has 3 nitrogen and oxygen atoms in total. The van der Waals surface area contributed by atoms with E-state index in [1.54, 1.807) is 0 Å². The van der Waals surface area contributed by atoms with E-state index in [0.29, 0.717) is 6.04 Å². The third kappa shape index (κ3) is 3.61. The van der Waals surface area contributed by atoms with Gasteiger partial charge in [-0.1, -0.05) is 28.1 Å². The van der Waals surface area contributed by atoms with Crippen molar-refractivity contribution in [2.75, 3.05) is 27.2 Å². The highest BCUT2D eigenvalue weighted by Gasteiger charge is 2.27. The molecule has 0 bridgehead atoms. The number of piperidine rings is 1. The molecule has 1 atom stereocenters. The zero-order valence-electron chi connectivity index (χ0n) is 12.5. The lowest BCUT2D eigenvalue weighted by Crippen LogP contribution is -2.45. The van der Waals surface area contributed by atoms with Gasteiger partial charge in [0.15, 0.2) is 0 Å². The van der Waals surface area contributed by atoms with Gasteiger partial charge in [0.1, 0.15) is 0 Å². The van der Waals surface area contributed by atoms with Crippen LogP contribution in [0.1, 0.15) is 31.2 Å². The molecule has 0 radical (unpaired) electrons. The number of amides is 1. The monoisotopic (exact) mass is 338 g/mol. The van der Waals surface area contributed by atoms with Crippen molar-refractivity contribution < 1.29 is 4.79 Å². The topological polar surface area (TPSA) is 23.6 Å². The van der Waals surface area contributed by atoms with E-state index < -0.39 is 0 Å². The van der Waals surface area contributed by atoms with Gasteiger partial charge in [-0.2, -0.15) is 0 Å². The van der Waals surface area contributed by atoms with Gasteiger partial charge in [0.2, 0.25) is 5.91 Å². The summed E-state index contributed by atoms with van der Waals surface area (Å²) in [7, 11) is 4.24. The van der Waals surface area contributed by atoms with E-state index >= 15 is 0 Å². The first-order valence-electron chi connectivity index (χ1n) is 7.19. The lowest BCUT2D eigenvalue weighted by atomic mass is 9.97. The summed E-state index contributed by atoms with van der Waals surface area (Å²) in [4.78, 5) is 16.8. The van der Waals surface area contributed by atoms with Crippen LogP contribution in [-0.4, -0.2) is 48.9 Å². The number of hydrogen-bond acceptors (Lipinski definition) is 2. The van der Waals surface area contributed by atoms with Crippen LogP contribution in [0.25, 0.3) is 0 Å². The largest absolute Gasteiger partial charge is 0.342 e. The van der Waals surface area contributed by atoms with Crippen LogP contribution < -0.4 is 0 Å². The summed E-state index contributed by atoms with van der Waals surface area (Å²) >= 11 is 3.43. The molecule has 1 aliphatic rings. The summed E-state index contributed by atoms with van der Waals surface area (Å²) in [5, 5.41) is 0. The van der Waals surface area contributed by atoms with Crippen molar-refractivity contribution in [3.05, 3.63) is 34.3 Å². The molecule has 0 spiro atoms. The van der Waals surface area contributed by atoms with Crippen molar-refractivity contribution in [2.45, 2.75) is 31.7 Å². The van der Waals surface area contributed by atoms with Gasteiger partial charge in [-0.25, -0.2) is 0 Å². The lowest BCUT2D eigenvalue weighted by molar-refractivity contribution is -0.133. The highest BCUT2D eigenvalue weighted by molar-refractivity contribution is 9.10. The van der Waals surface area contributed by atoms with Crippen LogP contribution in [0.5, 0.6) is 0 Å². The molecule has 2 rings (SSSR count). The van der Waals surface area contributed by atoms with Crippen LogP contribution >= 0.6 is 15.9 Å². The van der Waals surface area contributed by atoms with Crippen LogP contribution in [0.4, 0.5) is 0 Å². The van der Waals surface area contributed by atoms with E-state index in [2.05, 4.69) is 34.9 Å². The van der Waals surface area contributed by atoms with Crippen molar-refractivity contribution in [2.24, 2.45) is 0 Å². The third-order valence-electron chi connectivity index (χ3n) is 4.25. The van der Waals surface area contributed by atoms with Gasteiger partial charge in [-0.15, -0.1) is 0 Å². The van der Waals surface area contributed by atoms with Gasteiger partial charge >= 0.3 is 0 Å². The predicted molar refractivity (Wildman–Crippen MR) is 85.8 cm³/mol. The number of carbonyl (C=O) groups is 1. The van der Waals surface area contributed by atoms with Gasteiger partial charge < -0.3 is 9.80 Å². The van der Waals surface area contributed by atoms with Gasteiger partial charge in [0.05, 0.1) is 5.92 Å². The zero-order valence-corrected chi connectivity index (χ0v) is 14.1. The molecule has 0 saturated carbocycles. The van der Waals surface area contributed by atoms with Gasteiger partial charge in [-0.3, -0.25) is 4.79 Å². The summed E-state index contributed by atoms with van der Waals surface area (Å²) in [5.41, 5.74) is 1.09. The Morgan fingerprint density at radius 2 is 1.80 bits per heavy atom. The summed E-state index contributed by atoms with van der Waals surface area (Å²) in [6.45, 7) is 3.76. The molecular weight excluding hydrogens is 316 g/mol. The van der Waals surface area contributed by atoms with Crippen molar-refractivity contribution in [1.29, 1.82) is 0 Å². The van der Waals surface area contributed by atoms with E-state index in [9.17, 15) is 4.79 Å². The molecule has 4 heteroatoms. The molecule has 1 aromatic carbocycles. The normalized spacial score (nSPS) is 18.4. The molecule has 0 unspecified atom stereocenters. The maximum absolute atomic E-state index is 12.6. The second-order valence-corrected chi connectivity index (χ2v) is 6.71. The first kappa shape index (κ1) is 15.5. The average molecular weight is 339 g/mol. The highest BCUT2D eigenvalue weighted by atomic mass is 79.9. The highest BCUT2D eigenvalue weighted by Crippen LogP contribution is 2.23. The van der Waals surface area contributed by atoms with E-state index in [0.717, 1.165) is 36.0 Å². The Labute approximate surface area is 130 Å². The van der Waals surface area contributed by atoms with Gasteiger partial charge in [0.25, 0.3) is 0 Å². The van der Waals surface area contributed by atoms with Crippen molar-refractivity contribution in [1.82, 2.24) is 9.80 Å². The Morgan fingerprint density at radius 3 is 2.30 bits per heavy atom. The molecule has 1 aromatic rings. The smallest absolute Gasteiger partial charge is 0.229 e. The second-order valence-electron chi connectivity index (χ2n) is 5.79. The molecule has 1 amide bonds. The lowest BCUT2D eigenvalue weighted by Gasteiger charge is -2.36. The fourth-order valence-electron chi connectivity index (χ4n) is 2.77. The number of carbonyl (C=O) groups excluding carboxylic acids is 1. The first-order valence-corrected chi connectivity index (χ1v) is 7.99. The molecule has 0 aromatic heterocycles. The fourth-order valence-corrected chi connectivity index (χ4v) is 3.03. The van der Waals surface area contributed by atoms with Crippen molar-refractivity contribution in [3.63, 3.8) is 0 Å². The zero-order chi connectivity index (χ0) is 14.7. The standard InChI is InChI=1S/C16H23BrN2O/c1-12(13-4-6-14(17)7-5-13)16(20)19-10-8-15(9-11-19)18(2)3/h4-7,12,15H,8-11H2,1-3H3/t12-/m0/s1. The van der Waals surface area contributed by atoms with E-state index in [-0.39, 0.29) is 11.8 Å². The molecule has 20 heavy (non-hydrogen) atoms. The second kappa shape index (κ2) is 6.72. The van der Waals surface area contributed by atoms with Crippen LogP contribution in [0, 0.1) is 0 Å². The molecule has 1 heterocycles. The fraction of sp³-hybridized carbons (Fsp3) is 0.562. The minimum atomic E-state index is -0.0565. The van der Waals surface area contributed by atoms with Crippen molar-refractivity contribution in [3.8, 4) is 0 Å². The number of nitrogens with zero attached hydrogens (tertiary/aromatic N) is 2. The number of benzene rings is 1. The molecule has 1 aliphatic heterocycles. The maximum atomic E-state index is 12.6. The summed E-state index contributed by atoms with van der Waals surface area (Å²) in [5.74, 6) is 0.198. The minimum Gasteiger partial charge on any atom is -0.342 e. The SMILES string of the molecule is C[C@H](C(=O)N1CCC(N(C)C)CC1)c1ccc(Br)cc1. The predicted octanol–water partition coefficient (Wildman–Crippen LogP) is 3.11. The van der Waals surface area contributed by atoms with Gasteiger partial charge in [0, 0.05) is 23.6 Å². The Morgan fingerprint density at radius 1 is 1.25 bits per heavy atom. The Hall–Kier alpha value is -0.870. The van der Waals surface area contributed by atoms with Crippen LogP contribution in [0.3, 0.4) is 0 Å². The van der Waals surface area contributed by atoms with E-state index in [4.69, 9.17) is 0 Å². The molecule has 1 fully saturated rings. The number of hydrogen-bond donors (Lipinski definition) is 0. The van der Waals surface area contributed by atoms with E-state index in [1.165, 1.54) is 0 Å². The first-order chi connectivity index (χ1) is 9.49. The third-order valence-corrected chi connectivity index (χ3v) is 4.78. The van der Waals surface area contributed by atoms with Crippen LogP contribution in [0.2, 0.25) is 0 Å². The minimum absolute atomic E-state index is 0.0565. The maximum Gasteiger partial charge on any atom is 0.229 e. The average Bonchev–Trinajstić information content (AvgIpc) is 2.46. The number of rotatable bonds is 3. The molecule has 110 valence electrons. The Balaban J connectivity index is 1.96. The molecule has 1 saturated heterocycles. The number of likely N-dealkylation sites (tertiary alicyclic amines) is 1. The van der Waals surface area contributed by atoms with Crippen LogP contribution in [0.15, 0.2) is 28.7 Å². The summed E-state index contributed by atoms with van der Waals surface area (Å²) in [6, 6.07) is 8.66. The molecular formula is C16H23BrN2O. The van der Waals surface area contributed by atoms with Crippen LogP contribution in [-0.2, 0) is 4.79 Å². The Bertz CT molecular complexity index is 450. The quantitative estimate of drug-likeness (QED) is 0.845. The summed E-state index contributed by atoms with van der Waals surface area (Å²) < 4.78 is 1.05. The number of halogens is 1. The molecule has 0 N–H and O–H groups in total. The van der Waals surface area contributed by atoms with Gasteiger partial charge in [-0.05, 0) is 51.6 Å². The van der Waals surface area contributed by atoms with E-state index in [1.807, 2.05) is 36.1 Å². The Kier molecular flexibility index (Phi) is 5.22. The summed E-state index contributed by atoms with van der Waals surface area (Å²) in [6.07, 6.45) is 2.15. The molecule has 0 aliphatic carbocycles. The van der Waals surface area contributed by atoms with Crippen molar-refractivity contribution >= 4 is 21.8 Å².